The summed E-state index contributed by atoms with van der Waals surface area (Å²) in [4.78, 5) is 0. The Morgan fingerprint density at radius 2 is 2.36 bits per heavy atom. The molecule has 0 heteroatoms. The topological polar surface area (TPSA) is 0 Å². The van der Waals surface area contributed by atoms with Crippen LogP contribution >= 0.6 is 0 Å². The minimum absolute atomic E-state index is 0.543. The van der Waals surface area contributed by atoms with Gasteiger partial charge < -0.3 is 0 Å². The van der Waals surface area contributed by atoms with E-state index < -0.39 is 0 Å². The molecule has 0 aliphatic heterocycles. The predicted molar refractivity (Wildman–Crippen MR) is 48.3 cm³/mol. The Kier molecular flexibility index (Phi) is 1.45. The smallest absolute Gasteiger partial charge is 0.00775 e. The lowest BCUT2D eigenvalue weighted by Gasteiger charge is -2.06. The highest BCUT2D eigenvalue weighted by atomic mass is 14.5. The first-order valence-corrected chi connectivity index (χ1v) is 4.56. The van der Waals surface area contributed by atoms with E-state index in [1.165, 1.54) is 19.3 Å². The van der Waals surface area contributed by atoms with Crippen molar-refractivity contribution in [3.05, 3.63) is 23.8 Å². The first-order chi connectivity index (χ1) is 5.21. The quantitative estimate of drug-likeness (QED) is 0.462. The molecular formula is C11H16. The van der Waals surface area contributed by atoms with E-state index >= 15 is 0 Å². The van der Waals surface area contributed by atoms with Crippen molar-refractivity contribution in [3.8, 4) is 0 Å². The maximum absolute atomic E-state index is 2.48. The van der Waals surface area contributed by atoms with Gasteiger partial charge in [-0.15, -0.1) is 0 Å². The van der Waals surface area contributed by atoms with Gasteiger partial charge in [0.25, 0.3) is 0 Å². The normalized spacial score (nSPS) is 49.6. The van der Waals surface area contributed by atoms with E-state index in [9.17, 15) is 0 Å². The zero-order valence-electron chi connectivity index (χ0n) is 7.43. The van der Waals surface area contributed by atoms with Crippen molar-refractivity contribution < 1.29 is 0 Å². The van der Waals surface area contributed by atoms with Crippen LogP contribution in [-0.4, -0.2) is 0 Å². The molecule has 0 aromatic rings. The summed E-state index contributed by atoms with van der Waals surface area (Å²) < 4.78 is 0. The van der Waals surface area contributed by atoms with Crippen LogP contribution < -0.4 is 0 Å². The molecule has 60 valence electrons. The van der Waals surface area contributed by atoms with Gasteiger partial charge >= 0.3 is 0 Å². The lowest BCUT2D eigenvalue weighted by Crippen LogP contribution is -1.93. The molecule has 0 aromatic heterocycles. The summed E-state index contributed by atoms with van der Waals surface area (Å²) in [5.74, 6) is 0.860. The third kappa shape index (κ3) is 1.26. The molecule has 2 atom stereocenters. The summed E-state index contributed by atoms with van der Waals surface area (Å²) in [5, 5.41) is 0. The van der Waals surface area contributed by atoms with Gasteiger partial charge in [0.15, 0.2) is 0 Å². The Labute approximate surface area is 69.0 Å². The maximum atomic E-state index is 2.48. The standard InChI is InChI=1S/C11H16/c1-9-5-3-4-6-11(2)8-10(11)7-9/h4,6-7,10H,3,5,8H2,1-2H3/b6-4-,9-7-. The van der Waals surface area contributed by atoms with Crippen LogP contribution in [0.4, 0.5) is 0 Å². The van der Waals surface area contributed by atoms with Gasteiger partial charge in [-0.1, -0.05) is 30.7 Å². The summed E-state index contributed by atoms with van der Waals surface area (Å²) in [5.41, 5.74) is 2.13. The molecule has 2 aliphatic rings. The van der Waals surface area contributed by atoms with Crippen molar-refractivity contribution in [3.63, 3.8) is 0 Å². The van der Waals surface area contributed by atoms with Gasteiger partial charge in [0.05, 0.1) is 0 Å². The maximum Gasteiger partial charge on any atom is -0.00775 e. The van der Waals surface area contributed by atoms with E-state index in [-0.39, 0.29) is 0 Å². The molecule has 0 aromatic carbocycles. The third-order valence-corrected chi connectivity index (χ3v) is 3.04. The van der Waals surface area contributed by atoms with Gasteiger partial charge in [-0.05, 0) is 37.5 Å². The van der Waals surface area contributed by atoms with Crippen LogP contribution in [0.1, 0.15) is 33.1 Å². The molecule has 0 N–H and O–H groups in total. The molecule has 2 rings (SSSR count). The highest BCUT2D eigenvalue weighted by Crippen LogP contribution is 2.55. The SMILES string of the molecule is C/C1=C/C2CC2(C)/C=C\CC1. The van der Waals surface area contributed by atoms with Gasteiger partial charge in [-0.2, -0.15) is 0 Å². The summed E-state index contributed by atoms with van der Waals surface area (Å²) in [6.07, 6.45) is 11.1. The molecule has 0 amide bonds. The van der Waals surface area contributed by atoms with Gasteiger partial charge in [0.2, 0.25) is 0 Å². The minimum atomic E-state index is 0.543. The number of allylic oxidation sites excluding steroid dienone is 4. The zero-order valence-corrected chi connectivity index (χ0v) is 7.43. The fourth-order valence-electron chi connectivity index (χ4n) is 1.95. The van der Waals surface area contributed by atoms with Crippen LogP contribution in [0.15, 0.2) is 23.8 Å². The van der Waals surface area contributed by atoms with Gasteiger partial charge in [-0.25, -0.2) is 0 Å². The number of fused-ring (bicyclic) bond motifs is 1. The molecule has 1 saturated carbocycles. The summed E-state index contributed by atoms with van der Waals surface area (Å²) >= 11 is 0. The Morgan fingerprint density at radius 1 is 1.55 bits per heavy atom. The molecule has 1 fully saturated rings. The van der Waals surface area contributed by atoms with E-state index in [0.29, 0.717) is 5.41 Å². The van der Waals surface area contributed by atoms with Crippen LogP contribution in [0.2, 0.25) is 0 Å². The lowest BCUT2D eigenvalue weighted by atomic mass is 9.99. The van der Waals surface area contributed by atoms with E-state index in [0.717, 1.165) is 5.92 Å². The Morgan fingerprint density at radius 3 is 3.18 bits per heavy atom. The van der Waals surface area contributed by atoms with Crippen molar-refractivity contribution in [1.82, 2.24) is 0 Å². The molecule has 0 radical (unpaired) electrons. The Bertz CT molecular complexity index is 222. The van der Waals surface area contributed by atoms with Crippen molar-refractivity contribution in [2.24, 2.45) is 11.3 Å². The highest BCUT2D eigenvalue weighted by Gasteiger charge is 2.46. The van der Waals surface area contributed by atoms with E-state index in [2.05, 4.69) is 32.1 Å². The third-order valence-electron chi connectivity index (χ3n) is 3.04. The van der Waals surface area contributed by atoms with Crippen LogP contribution in [0.5, 0.6) is 0 Å². The van der Waals surface area contributed by atoms with Crippen LogP contribution in [-0.2, 0) is 0 Å². The summed E-state index contributed by atoms with van der Waals surface area (Å²) in [6.45, 7) is 4.63. The first kappa shape index (κ1) is 7.15. The second-order valence-electron chi connectivity index (χ2n) is 4.27. The molecule has 0 bridgehead atoms. The molecule has 0 spiro atoms. The molecule has 2 aliphatic carbocycles. The number of hydrogen-bond acceptors (Lipinski definition) is 0. The van der Waals surface area contributed by atoms with Crippen molar-refractivity contribution in [2.45, 2.75) is 33.1 Å². The first-order valence-electron chi connectivity index (χ1n) is 4.56. The predicted octanol–water partition coefficient (Wildman–Crippen LogP) is 3.31. The average molecular weight is 148 g/mol. The second kappa shape index (κ2) is 2.23. The molecule has 11 heavy (non-hydrogen) atoms. The Hall–Kier alpha value is -0.520. The minimum Gasteiger partial charge on any atom is -0.0877 e. The second-order valence-corrected chi connectivity index (χ2v) is 4.27. The Balaban J connectivity index is 2.18. The molecule has 0 saturated heterocycles. The fraction of sp³-hybridized carbons (Fsp3) is 0.636. The van der Waals surface area contributed by atoms with Crippen molar-refractivity contribution >= 4 is 0 Å². The van der Waals surface area contributed by atoms with E-state index in [1.807, 2.05) is 0 Å². The zero-order chi connectivity index (χ0) is 7.90. The van der Waals surface area contributed by atoms with Crippen LogP contribution in [0.25, 0.3) is 0 Å². The average Bonchev–Trinajstić information content (AvgIpc) is 2.51. The molecular weight excluding hydrogens is 132 g/mol. The van der Waals surface area contributed by atoms with Crippen molar-refractivity contribution in [2.75, 3.05) is 0 Å². The van der Waals surface area contributed by atoms with E-state index in [4.69, 9.17) is 0 Å². The lowest BCUT2D eigenvalue weighted by molar-refractivity contribution is 0.681. The van der Waals surface area contributed by atoms with Crippen molar-refractivity contribution in [1.29, 1.82) is 0 Å². The summed E-state index contributed by atoms with van der Waals surface area (Å²) in [7, 11) is 0. The fourth-order valence-corrected chi connectivity index (χ4v) is 1.95. The monoisotopic (exact) mass is 148 g/mol. The van der Waals surface area contributed by atoms with Crippen LogP contribution in [0.3, 0.4) is 0 Å². The largest absolute Gasteiger partial charge is 0.0877 e. The van der Waals surface area contributed by atoms with Gasteiger partial charge in [-0.3, -0.25) is 0 Å². The number of rotatable bonds is 0. The number of hydrogen-bond donors (Lipinski definition) is 0. The molecule has 0 heterocycles. The van der Waals surface area contributed by atoms with Crippen LogP contribution in [0, 0.1) is 11.3 Å². The van der Waals surface area contributed by atoms with Gasteiger partial charge in [0.1, 0.15) is 0 Å². The molecule has 0 nitrogen and oxygen atoms in total. The van der Waals surface area contributed by atoms with Gasteiger partial charge in [0, 0.05) is 0 Å². The highest BCUT2D eigenvalue weighted by molar-refractivity contribution is 5.23. The van der Waals surface area contributed by atoms with E-state index in [1.54, 1.807) is 5.57 Å². The molecule has 2 unspecified atom stereocenters. The summed E-state index contributed by atoms with van der Waals surface area (Å²) in [6, 6.07) is 0.